The van der Waals surface area contributed by atoms with Gasteiger partial charge in [-0.3, -0.25) is 0 Å². The molecule has 0 fully saturated rings. The molecule has 0 aliphatic heterocycles. The van der Waals surface area contributed by atoms with Crippen molar-refractivity contribution in [1.82, 2.24) is 0 Å². The standard InChI is InChI=1S/C26H24N2O2/c1-17-5-7-19(3)23(9-17)15-29-25-11-21(13-27)22(14-28)12-26(25)30-16-24-10-18(2)6-8-20(24)4/h5-12H,15-16H2,1-4H3. The monoisotopic (exact) mass is 396 g/mol. The van der Waals surface area contributed by atoms with E-state index in [4.69, 9.17) is 9.47 Å². The first-order chi connectivity index (χ1) is 14.4. The largest absolute Gasteiger partial charge is 0.485 e. The first-order valence-corrected chi connectivity index (χ1v) is 9.77. The smallest absolute Gasteiger partial charge is 0.163 e. The molecular formula is C26H24N2O2. The molecule has 0 saturated carbocycles. The van der Waals surface area contributed by atoms with E-state index in [9.17, 15) is 10.5 Å². The van der Waals surface area contributed by atoms with E-state index in [0.717, 1.165) is 33.4 Å². The lowest BCUT2D eigenvalue weighted by atomic mass is 10.1. The Morgan fingerprint density at radius 2 is 1.03 bits per heavy atom. The van der Waals surface area contributed by atoms with Gasteiger partial charge in [-0.05, 0) is 49.9 Å². The zero-order chi connectivity index (χ0) is 21.7. The average Bonchev–Trinajstić information content (AvgIpc) is 2.74. The minimum Gasteiger partial charge on any atom is -0.485 e. The van der Waals surface area contributed by atoms with Crippen LogP contribution in [0.3, 0.4) is 0 Å². The maximum atomic E-state index is 9.41. The molecule has 0 amide bonds. The van der Waals surface area contributed by atoms with Gasteiger partial charge in [-0.2, -0.15) is 10.5 Å². The summed E-state index contributed by atoms with van der Waals surface area (Å²) in [5.41, 5.74) is 7.25. The third-order valence-corrected chi connectivity index (χ3v) is 5.10. The molecular weight excluding hydrogens is 372 g/mol. The van der Waals surface area contributed by atoms with Gasteiger partial charge in [-0.25, -0.2) is 0 Å². The Kier molecular flexibility index (Phi) is 6.40. The van der Waals surface area contributed by atoms with Gasteiger partial charge in [-0.1, -0.05) is 47.5 Å². The Labute approximate surface area is 177 Å². The van der Waals surface area contributed by atoms with Crippen molar-refractivity contribution in [3.63, 3.8) is 0 Å². The van der Waals surface area contributed by atoms with E-state index in [1.165, 1.54) is 0 Å². The van der Waals surface area contributed by atoms with Crippen molar-refractivity contribution in [3.8, 4) is 23.6 Å². The normalized spacial score (nSPS) is 10.2. The summed E-state index contributed by atoms with van der Waals surface area (Å²) in [5, 5.41) is 18.8. The van der Waals surface area contributed by atoms with Crippen LogP contribution in [0.2, 0.25) is 0 Å². The Morgan fingerprint density at radius 3 is 1.40 bits per heavy atom. The maximum absolute atomic E-state index is 9.41. The summed E-state index contributed by atoms with van der Waals surface area (Å²) in [6.07, 6.45) is 0. The first-order valence-electron chi connectivity index (χ1n) is 9.77. The number of hydrogen-bond donors (Lipinski definition) is 0. The van der Waals surface area contributed by atoms with E-state index >= 15 is 0 Å². The second-order valence-electron chi connectivity index (χ2n) is 7.51. The van der Waals surface area contributed by atoms with Gasteiger partial charge in [0.05, 0.1) is 11.1 Å². The molecule has 0 bridgehead atoms. The highest BCUT2D eigenvalue weighted by molar-refractivity contribution is 5.56. The van der Waals surface area contributed by atoms with E-state index in [2.05, 4.69) is 48.5 Å². The van der Waals surface area contributed by atoms with Crippen LogP contribution in [0, 0.1) is 50.4 Å². The predicted molar refractivity (Wildman–Crippen MR) is 116 cm³/mol. The molecule has 0 atom stereocenters. The van der Waals surface area contributed by atoms with Gasteiger partial charge in [0.25, 0.3) is 0 Å². The lowest BCUT2D eigenvalue weighted by Gasteiger charge is -2.16. The summed E-state index contributed by atoms with van der Waals surface area (Å²) in [5.74, 6) is 0.911. The maximum Gasteiger partial charge on any atom is 0.163 e. The van der Waals surface area contributed by atoms with Crippen LogP contribution in [0.5, 0.6) is 11.5 Å². The molecule has 0 heterocycles. The lowest BCUT2D eigenvalue weighted by Crippen LogP contribution is -2.04. The Bertz CT molecular complexity index is 1070. The minimum atomic E-state index is 0.271. The number of nitriles is 2. The van der Waals surface area contributed by atoms with E-state index in [1.807, 2.05) is 27.7 Å². The molecule has 0 saturated heterocycles. The van der Waals surface area contributed by atoms with E-state index in [-0.39, 0.29) is 11.1 Å². The van der Waals surface area contributed by atoms with Crippen LogP contribution in [0.15, 0.2) is 48.5 Å². The van der Waals surface area contributed by atoms with Gasteiger partial charge < -0.3 is 9.47 Å². The third-order valence-electron chi connectivity index (χ3n) is 5.10. The lowest BCUT2D eigenvalue weighted by molar-refractivity contribution is 0.255. The summed E-state index contributed by atoms with van der Waals surface area (Å²) < 4.78 is 12.1. The molecule has 0 N–H and O–H groups in total. The molecule has 3 rings (SSSR count). The van der Waals surface area contributed by atoms with Gasteiger partial charge in [-0.15, -0.1) is 0 Å². The third kappa shape index (κ3) is 4.80. The fraction of sp³-hybridized carbons (Fsp3) is 0.231. The van der Waals surface area contributed by atoms with Crippen LogP contribution in [0.25, 0.3) is 0 Å². The Hall–Kier alpha value is -3.76. The van der Waals surface area contributed by atoms with E-state index in [0.29, 0.717) is 24.7 Å². The number of nitrogens with zero attached hydrogens (tertiary/aromatic N) is 2. The topological polar surface area (TPSA) is 66.0 Å². The highest BCUT2D eigenvalue weighted by Crippen LogP contribution is 2.32. The molecule has 4 nitrogen and oxygen atoms in total. The molecule has 0 aliphatic rings. The summed E-state index contributed by atoms with van der Waals surface area (Å²) in [4.78, 5) is 0. The fourth-order valence-electron chi connectivity index (χ4n) is 3.19. The molecule has 4 heteroatoms. The van der Waals surface area contributed by atoms with Crippen LogP contribution in [0.1, 0.15) is 44.5 Å². The Balaban J connectivity index is 1.90. The van der Waals surface area contributed by atoms with Gasteiger partial charge in [0.15, 0.2) is 11.5 Å². The molecule has 3 aromatic rings. The average molecular weight is 396 g/mol. The quantitative estimate of drug-likeness (QED) is 0.526. The predicted octanol–water partition coefficient (Wildman–Crippen LogP) is 5.82. The molecule has 30 heavy (non-hydrogen) atoms. The molecule has 0 unspecified atom stereocenters. The van der Waals surface area contributed by atoms with Crippen molar-refractivity contribution in [3.05, 3.63) is 93.0 Å². The highest BCUT2D eigenvalue weighted by Gasteiger charge is 2.14. The second-order valence-corrected chi connectivity index (χ2v) is 7.51. The number of benzene rings is 3. The number of rotatable bonds is 6. The van der Waals surface area contributed by atoms with Crippen LogP contribution in [0.4, 0.5) is 0 Å². The van der Waals surface area contributed by atoms with Crippen molar-refractivity contribution in [2.24, 2.45) is 0 Å². The van der Waals surface area contributed by atoms with Gasteiger partial charge in [0, 0.05) is 12.1 Å². The molecule has 0 spiro atoms. The minimum absolute atomic E-state index is 0.271. The second kappa shape index (κ2) is 9.16. The summed E-state index contributed by atoms with van der Waals surface area (Å²) >= 11 is 0. The SMILES string of the molecule is Cc1ccc(C)c(COc2cc(C#N)c(C#N)cc2OCc2cc(C)ccc2C)c1. The first kappa shape index (κ1) is 21.0. The van der Waals surface area contributed by atoms with Crippen molar-refractivity contribution < 1.29 is 9.47 Å². The molecule has 3 aromatic carbocycles. The number of ether oxygens (including phenoxy) is 2. The fourth-order valence-corrected chi connectivity index (χ4v) is 3.19. The highest BCUT2D eigenvalue weighted by atomic mass is 16.5. The molecule has 150 valence electrons. The molecule has 0 aliphatic carbocycles. The van der Waals surface area contributed by atoms with Crippen molar-refractivity contribution in [1.29, 1.82) is 10.5 Å². The van der Waals surface area contributed by atoms with Gasteiger partial charge >= 0.3 is 0 Å². The molecule has 0 radical (unpaired) electrons. The van der Waals surface area contributed by atoms with Gasteiger partial charge in [0.1, 0.15) is 25.4 Å². The summed E-state index contributed by atoms with van der Waals surface area (Å²) in [6, 6.07) is 19.7. The van der Waals surface area contributed by atoms with Gasteiger partial charge in [0.2, 0.25) is 0 Å². The summed E-state index contributed by atoms with van der Waals surface area (Å²) in [6.45, 7) is 8.85. The van der Waals surface area contributed by atoms with Crippen LogP contribution >= 0.6 is 0 Å². The zero-order valence-electron chi connectivity index (χ0n) is 17.7. The van der Waals surface area contributed by atoms with E-state index < -0.39 is 0 Å². The molecule has 0 aromatic heterocycles. The van der Waals surface area contributed by atoms with Crippen molar-refractivity contribution in [2.45, 2.75) is 40.9 Å². The number of aryl methyl sites for hydroxylation is 4. The van der Waals surface area contributed by atoms with Crippen molar-refractivity contribution >= 4 is 0 Å². The van der Waals surface area contributed by atoms with Crippen LogP contribution in [-0.2, 0) is 13.2 Å². The summed E-state index contributed by atoms with van der Waals surface area (Å²) in [7, 11) is 0. The number of hydrogen-bond acceptors (Lipinski definition) is 4. The van der Waals surface area contributed by atoms with Crippen LogP contribution < -0.4 is 9.47 Å². The van der Waals surface area contributed by atoms with Crippen LogP contribution in [-0.4, -0.2) is 0 Å². The van der Waals surface area contributed by atoms with Crippen molar-refractivity contribution in [2.75, 3.05) is 0 Å². The van der Waals surface area contributed by atoms with E-state index in [1.54, 1.807) is 12.1 Å². The zero-order valence-corrected chi connectivity index (χ0v) is 17.7. The Morgan fingerprint density at radius 1 is 0.633 bits per heavy atom.